The van der Waals surface area contributed by atoms with E-state index in [9.17, 15) is 13.7 Å². The third-order valence-corrected chi connectivity index (χ3v) is 6.57. The van der Waals surface area contributed by atoms with Crippen molar-refractivity contribution in [2.45, 2.75) is 13.8 Å². The van der Waals surface area contributed by atoms with Gasteiger partial charge in [-0.05, 0) is 55.0 Å². The largest absolute Gasteiger partial charge is 0.456 e. The molecule has 0 aliphatic rings. The first kappa shape index (κ1) is 23.5. The van der Waals surface area contributed by atoms with Crippen LogP contribution in [0.2, 0.25) is 0 Å². The SMILES string of the molecule is CCOCCNS(=O)(=O)/C(C#N)=C(\C)c1ccc(-c2ccc3cc(N(C)C)ccc3c2)o1. The van der Waals surface area contributed by atoms with Gasteiger partial charge in [0.1, 0.15) is 17.6 Å². The van der Waals surface area contributed by atoms with Gasteiger partial charge in [0.25, 0.3) is 10.0 Å². The van der Waals surface area contributed by atoms with Crippen molar-refractivity contribution in [3.8, 4) is 17.4 Å². The lowest BCUT2D eigenvalue weighted by Gasteiger charge is -2.13. The molecule has 0 amide bonds. The lowest BCUT2D eigenvalue weighted by molar-refractivity contribution is 0.153. The molecule has 0 unspecified atom stereocenters. The van der Waals surface area contributed by atoms with Gasteiger partial charge in [-0.3, -0.25) is 0 Å². The first-order valence-corrected chi connectivity index (χ1v) is 11.7. The van der Waals surface area contributed by atoms with Gasteiger partial charge in [0.2, 0.25) is 0 Å². The van der Waals surface area contributed by atoms with Crippen LogP contribution in [-0.2, 0) is 14.8 Å². The van der Waals surface area contributed by atoms with Crippen LogP contribution in [0.1, 0.15) is 19.6 Å². The summed E-state index contributed by atoms with van der Waals surface area (Å²) in [5.74, 6) is 0.923. The zero-order valence-electron chi connectivity index (χ0n) is 18.7. The minimum atomic E-state index is -3.97. The molecule has 1 heterocycles. The van der Waals surface area contributed by atoms with Gasteiger partial charge in [-0.15, -0.1) is 0 Å². The molecular formula is C24H27N3O4S. The second kappa shape index (κ2) is 10.0. The predicted molar refractivity (Wildman–Crippen MR) is 128 cm³/mol. The Hall–Kier alpha value is -3.12. The third-order valence-electron chi connectivity index (χ3n) is 5.05. The third kappa shape index (κ3) is 5.19. The van der Waals surface area contributed by atoms with Gasteiger partial charge < -0.3 is 14.1 Å². The Kier molecular flexibility index (Phi) is 7.36. The quantitative estimate of drug-likeness (QED) is 0.382. The van der Waals surface area contributed by atoms with E-state index < -0.39 is 10.0 Å². The summed E-state index contributed by atoms with van der Waals surface area (Å²) in [7, 11) is 0.0288. The van der Waals surface area contributed by atoms with Crippen LogP contribution in [-0.4, -0.2) is 42.3 Å². The van der Waals surface area contributed by atoms with Gasteiger partial charge in [0, 0.05) is 44.1 Å². The molecule has 7 nitrogen and oxygen atoms in total. The van der Waals surface area contributed by atoms with E-state index in [0.717, 1.165) is 22.0 Å². The fourth-order valence-electron chi connectivity index (χ4n) is 3.28. The molecule has 0 aliphatic heterocycles. The standard InChI is InChI=1S/C24H27N3O4S/c1-5-30-13-12-26-32(28,29)24(16-25)17(2)22-10-11-23(31-22)20-7-6-19-15-21(27(3)4)9-8-18(19)14-20/h6-11,14-15,26H,5,12-13H2,1-4H3/b24-17+. The predicted octanol–water partition coefficient (Wildman–Crippen LogP) is 4.38. The molecule has 1 N–H and O–H groups in total. The number of furan rings is 1. The molecule has 0 spiro atoms. The molecule has 0 fully saturated rings. The summed E-state index contributed by atoms with van der Waals surface area (Å²) in [6, 6.07) is 17.5. The number of fused-ring (bicyclic) bond motifs is 1. The summed E-state index contributed by atoms with van der Waals surface area (Å²) in [6.45, 7) is 4.19. The number of nitriles is 1. The number of hydrogen-bond acceptors (Lipinski definition) is 6. The first-order chi connectivity index (χ1) is 15.3. The van der Waals surface area contributed by atoms with Gasteiger partial charge in [-0.2, -0.15) is 5.26 Å². The van der Waals surface area contributed by atoms with Crippen LogP contribution in [0.3, 0.4) is 0 Å². The van der Waals surface area contributed by atoms with Gasteiger partial charge in [-0.1, -0.05) is 18.2 Å². The van der Waals surface area contributed by atoms with E-state index in [-0.39, 0.29) is 23.6 Å². The highest BCUT2D eigenvalue weighted by molar-refractivity contribution is 7.93. The summed E-state index contributed by atoms with van der Waals surface area (Å²) < 4.78 is 38.6. The number of sulfonamides is 1. The number of allylic oxidation sites excluding steroid dienone is 2. The Bertz CT molecular complexity index is 1280. The van der Waals surface area contributed by atoms with Crippen LogP contribution in [0.15, 0.2) is 57.9 Å². The van der Waals surface area contributed by atoms with Crippen LogP contribution in [0.4, 0.5) is 5.69 Å². The molecule has 3 aromatic rings. The number of anilines is 1. The molecule has 3 rings (SSSR count). The molecule has 2 aromatic carbocycles. The molecular weight excluding hydrogens is 426 g/mol. The van der Waals surface area contributed by atoms with Gasteiger partial charge in [-0.25, -0.2) is 13.1 Å². The molecule has 0 radical (unpaired) electrons. The Morgan fingerprint density at radius 3 is 2.53 bits per heavy atom. The molecule has 8 heteroatoms. The van der Waals surface area contributed by atoms with E-state index in [4.69, 9.17) is 9.15 Å². The second-order valence-corrected chi connectivity index (χ2v) is 9.17. The minimum absolute atomic E-state index is 0.0880. The van der Waals surface area contributed by atoms with Crippen molar-refractivity contribution >= 4 is 32.1 Å². The maximum absolute atomic E-state index is 12.5. The van der Waals surface area contributed by atoms with Gasteiger partial charge in [0.15, 0.2) is 4.91 Å². The van der Waals surface area contributed by atoms with E-state index in [2.05, 4.69) is 22.9 Å². The highest BCUT2D eigenvalue weighted by Crippen LogP contribution is 2.31. The Labute approximate surface area is 189 Å². The fourth-order valence-corrected chi connectivity index (χ4v) is 4.40. The van der Waals surface area contributed by atoms with Gasteiger partial charge >= 0.3 is 0 Å². The summed E-state index contributed by atoms with van der Waals surface area (Å²) >= 11 is 0. The van der Waals surface area contributed by atoms with E-state index >= 15 is 0 Å². The Morgan fingerprint density at radius 2 is 1.84 bits per heavy atom. The average Bonchev–Trinajstić information content (AvgIpc) is 3.26. The topological polar surface area (TPSA) is 95.6 Å². The maximum Gasteiger partial charge on any atom is 0.251 e. The number of hydrogen-bond donors (Lipinski definition) is 1. The zero-order valence-corrected chi connectivity index (χ0v) is 19.5. The van der Waals surface area contributed by atoms with Crippen molar-refractivity contribution in [2.75, 3.05) is 38.8 Å². The molecule has 0 saturated carbocycles. The number of ether oxygens (including phenoxy) is 1. The lowest BCUT2D eigenvalue weighted by atomic mass is 10.0. The molecule has 0 aliphatic carbocycles. The van der Waals surface area contributed by atoms with Gasteiger partial charge in [0.05, 0.1) is 6.61 Å². The van der Waals surface area contributed by atoms with Crippen LogP contribution in [0, 0.1) is 11.3 Å². The minimum Gasteiger partial charge on any atom is -0.456 e. The van der Waals surface area contributed by atoms with Crippen molar-refractivity contribution in [1.82, 2.24) is 4.72 Å². The molecule has 168 valence electrons. The number of nitrogens with one attached hydrogen (secondary N) is 1. The van der Waals surface area contributed by atoms with Crippen molar-refractivity contribution < 1.29 is 17.6 Å². The number of benzene rings is 2. The second-order valence-electron chi connectivity index (χ2n) is 7.47. The van der Waals surface area contributed by atoms with Crippen LogP contribution < -0.4 is 9.62 Å². The van der Waals surface area contributed by atoms with Crippen molar-refractivity contribution in [3.05, 3.63) is 59.2 Å². The highest BCUT2D eigenvalue weighted by Gasteiger charge is 2.22. The Morgan fingerprint density at radius 1 is 1.12 bits per heavy atom. The average molecular weight is 454 g/mol. The number of rotatable bonds is 9. The van der Waals surface area contributed by atoms with Crippen LogP contribution in [0.5, 0.6) is 0 Å². The maximum atomic E-state index is 12.5. The Balaban J connectivity index is 1.89. The molecule has 32 heavy (non-hydrogen) atoms. The van der Waals surface area contributed by atoms with E-state index in [0.29, 0.717) is 18.1 Å². The van der Waals surface area contributed by atoms with E-state index in [1.54, 1.807) is 25.1 Å². The lowest BCUT2D eigenvalue weighted by Crippen LogP contribution is -2.28. The normalized spacial score (nSPS) is 12.5. The van der Waals surface area contributed by atoms with Crippen molar-refractivity contribution in [3.63, 3.8) is 0 Å². The van der Waals surface area contributed by atoms with Crippen LogP contribution in [0.25, 0.3) is 27.7 Å². The number of nitrogens with zero attached hydrogens (tertiary/aromatic N) is 2. The van der Waals surface area contributed by atoms with E-state index in [1.165, 1.54) is 0 Å². The molecule has 0 bridgehead atoms. The first-order valence-electron chi connectivity index (χ1n) is 10.3. The van der Waals surface area contributed by atoms with Crippen LogP contribution >= 0.6 is 0 Å². The highest BCUT2D eigenvalue weighted by atomic mass is 32.2. The fraction of sp³-hybridized carbons (Fsp3) is 0.292. The van der Waals surface area contributed by atoms with Crippen molar-refractivity contribution in [1.29, 1.82) is 5.26 Å². The van der Waals surface area contributed by atoms with Crippen molar-refractivity contribution in [2.24, 2.45) is 0 Å². The summed E-state index contributed by atoms with van der Waals surface area (Å²) in [4.78, 5) is 1.68. The summed E-state index contributed by atoms with van der Waals surface area (Å²) in [5, 5.41) is 11.7. The summed E-state index contributed by atoms with van der Waals surface area (Å²) in [6.07, 6.45) is 0. The monoisotopic (exact) mass is 453 g/mol. The molecule has 0 atom stereocenters. The smallest absolute Gasteiger partial charge is 0.251 e. The molecule has 0 saturated heterocycles. The van der Waals surface area contributed by atoms with E-state index in [1.807, 2.05) is 44.1 Å². The zero-order chi connectivity index (χ0) is 23.3. The summed E-state index contributed by atoms with van der Waals surface area (Å²) in [5.41, 5.74) is 2.23. The molecule has 1 aromatic heterocycles.